The number of fused-ring (bicyclic) bond motifs is 2. The quantitative estimate of drug-likeness (QED) is 0.670. The molecule has 0 bridgehead atoms. The van der Waals surface area contributed by atoms with Gasteiger partial charge in [-0.15, -0.1) is 0 Å². The van der Waals surface area contributed by atoms with Gasteiger partial charge in [0.15, 0.2) is 0 Å². The molecule has 0 spiro atoms. The zero-order valence-corrected chi connectivity index (χ0v) is 10.1. The Morgan fingerprint density at radius 2 is 1.44 bits per heavy atom. The van der Waals surface area contributed by atoms with Crippen LogP contribution in [0.2, 0.25) is 0 Å². The smallest absolute Gasteiger partial charge is 0.240 e. The molecule has 0 radical (unpaired) electrons. The standard InChI is InChI=1S/C12H9N3O2S/c13-18(16,17)11-7-3-6-10-12(11)15-9-5-2-1-4-8(9)14-10/h1-7H,(H2,13,16,17). The molecule has 0 saturated carbocycles. The minimum Gasteiger partial charge on any atom is -0.244 e. The summed E-state index contributed by atoms with van der Waals surface area (Å²) in [6.45, 7) is 0. The van der Waals surface area contributed by atoms with Gasteiger partial charge < -0.3 is 0 Å². The van der Waals surface area contributed by atoms with Gasteiger partial charge in [-0.2, -0.15) is 0 Å². The molecule has 2 aromatic carbocycles. The Labute approximate surface area is 103 Å². The van der Waals surface area contributed by atoms with Crippen LogP contribution in [0.4, 0.5) is 0 Å². The van der Waals surface area contributed by atoms with Crippen LogP contribution in [-0.4, -0.2) is 18.4 Å². The largest absolute Gasteiger partial charge is 0.244 e. The van der Waals surface area contributed by atoms with Crippen LogP contribution in [0.15, 0.2) is 47.4 Å². The predicted octanol–water partition coefficient (Wildman–Crippen LogP) is 1.43. The summed E-state index contributed by atoms with van der Waals surface area (Å²) >= 11 is 0. The van der Waals surface area contributed by atoms with Crippen LogP contribution in [0.1, 0.15) is 0 Å². The molecule has 0 saturated heterocycles. The van der Waals surface area contributed by atoms with E-state index in [1.165, 1.54) is 6.07 Å². The number of rotatable bonds is 1. The van der Waals surface area contributed by atoms with Crippen LogP contribution in [0, 0.1) is 0 Å². The van der Waals surface area contributed by atoms with Gasteiger partial charge in [0.25, 0.3) is 0 Å². The third-order valence-electron chi connectivity index (χ3n) is 2.64. The van der Waals surface area contributed by atoms with Crippen molar-refractivity contribution in [3.8, 4) is 0 Å². The van der Waals surface area contributed by atoms with Crippen LogP contribution < -0.4 is 5.14 Å². The second-order valence-corrected chi connectivity index (χ2v) is 5.41. The molecule has 0 atom stereocenters. The van der Waals surface area contributed by atoms with E-state index in [0.717, 1.165) is 5.52 Å². The first-order valence-electron chi connectivity index (χ1n) is 5.24. The Balaban J connectivity index is 2.51. The van der Waals surface area contributed by atoms with E-state index in [1.54, 1.807) is 18.2 Å². The lowest BCUT2D eigenvalue weighted by Gasteiger charge is -2.04. The van der Waals surface area contributed by atoms with Gasteiger partial charge in [0.1, 0.15) is 10.4 Å². The summed E-state index contributed by atoms with van der Waals surface area (Å²) in [5, 5.41) is 5.17. The van der Waals surface area contributed by atoms with Gasteiger partial charge in [-0.1, -0.05) is 18.2 Å². The summed E-state index contributed by atoms with van der Waals surface area (Å²) in [4.78, 5) is 8.69. The maximum Gasteiger partial charge on any atom is 0.240 e. The summed E-state index contributed by atoms with van der Waals surface area (Å²) in [5.74, 6) is 0. The molecular formula is C12H9N3O2S. The number of nitrogens with zero attached hydrogens (tertiary/aromatic N) is 2. The number of aromatic nitrogens is 2. The number of hydrogen-bond donors (Lipinski definition) is 1. The summed E-state index contributed by atoms with van der Waals surface area (Å²) in [5.41, 5.74) is 2.18. The second kappa shape index (κ2) is 3.72. The van der Waals surface area contributed by atoms with Crippen molar-refractivity contribution in [3.05, 3.63) is 42.5 Å². The molecule has 5 nitrogen and oxygen atoms in total. The fraction of sp³-hybridized carbons (Fsp3) is 0. The zero-order chi connectivity index (χ0) is 12.8. The molecule has 0 unspecified atom stereocenters. The molecule has 2 N–H and O–H groups in total. The minimum absolute atomic E-state index is 0.00162. The van der Waals surface area contributed by atoms with Gasteiger partial charge in [0, 0.05) is 0 Å². The van der Waals surface area contributed by atoms with Crippen molar-refractivity contribution in [1.82, 2.24) is 9.97 Å². The van der Waals surface area contributed by atoms with E-state index in [2.05, 4.69) is 9.97 Å². The van der Waals surface area contributed by atoms with Crippen LogP contribution >= 0.6 is 0 Å². The van der Waals surface area contributed by atoms with Gasteiger partial charge >= 0.3 is 0 Å². The average Bonchev–Trinajstić information content (AvgIpc) is 2.34. The van der Waals surface area contributed by atoms with Crippen molar-refractivity contribution in [2.24, 2.45) is 5.14 Å². The second-order valence-electron chi connectivity index (χ2n) is 3.88. The Kier molecular flexibility index (Phi) is 2.29. The van der Waals surface area contributed by atoms with E-state index in [1.807, 2.05) is 18.2 Å². The maximum absolute atomic E-state index is 11.5. The third kappa shape index (κ3) is 1.71. The van der Waals surface area contributed by atoms with Gasteiger partial charge in [0.2, 0.25) is 10.0 Å². The summed E-state index contributed by atoms with van der Waals surface area (Å²) < 4.78 is 23.0. The number of hydrogen-bond acceptors (Lipinski definition) is 4. The van der Waals surface area contributed by atoms with Crippen molar-refractivity contribution >= 4 is 32.1 Å². The van der Waals surface area contributed by atoms with Crippen LogP contribution in [-0.2, 0) is 10.0 Å². The number of benzene rings is 2. The molecule has 1 aromatic heterocycles. The first-order valence-corrected chi connectivity index (χ1v) is 6.79. The highest BCUT2D eigenvalue weighted by atomic mass is 32.2. The number of nitrogens with two attached hydrogens (primary N) is 1. The predicted molar refractivity (Wildman–Crippen MR) is 68.4 cm³/mol. The highest BCUT2D eigenvalue weighted by molar-refractivity contribution is 7.89. The molecule has 18 heavy (non-hydrogen) atoms. The molecule has 0 aliphatic rings. The van der Waals surface area contributed by atoms with E-state index < -0.39 is 10.0 Å². The van der Waals surface area contributed by atoms with E-state index in [9.17, 15) is 8.42 Å². The number of sulfonamides is 1. The highest BCUT2D eigenvalue weighted by Crippen LogP contribution is 2.21. The topological polar surface area (TPSA) is 85.9 Å². The molecule has 0 fully saturated rings. The molecular weight excluding hydrogens is 250 g/mol. The maximum atomic E-state index is 11.5. The summed E-state index contributed by atoms with van der Waals surface area (Å²) in [7, 11) is -3.80. The molecule has 90 valence electrons. The molecule has 0 amide bonds. The normalized spacial score (nSPS) is 12.1. The molecule has 0 aliphatic heterocycles. The van der Waals surface area contributed by atoms with Crippen molar-refractivity contribution in [2.75, 3.05) is 0 Å². The van der Waals surface area contributed by atoms with Gasteiger partial charge in [-0.3, -0.25) is 0 Å². The van der Waals surface area contributed by atoms with E-state index >= 15 is 0 Å². The molecule has 1 heterocycles. The van der Waals surface area contributed by atoms with E-state index in [4.69, 9.17) is 5.14 Å². The Hall–Kier alpha value is -2.05. The molecule has 0 aliphatic carbocycles. The van der Waals surface area contributed by atoms with Crippen molar-refractivity contribution in [1.29, 1.82) is 0 Å². The summed E-state index contributed by atoms with van der Waals surface area (Å²) in [6.07, 6.45) is 0. The summed E-state index contributed by atoms with van der Waals surface area (Å²) in [6, 6.07) is 12.0. The third-order valence-corrected chi connectivity index (χ3v) is 3.58. The first kappa shape index (κ1) is 11.1. The van der Waals surface area contributed by atoms with Crippen molar-refractivity contribution in [3.63, 3.8) is 0 Å². The monoisotopic (exact) mass is 259 g/mol. The fourth-order valence-electron chi connectivity index (χ4n) is 1.85. The van der Waals surface area contributed by atoms with Gasteiger partial charge in [-0.25, -0.2) is 23.5 Å². The van der Waals surface area contributed by atoms with E-state index in [0.29, 0.717) is 16.6 Å². The van der Waals surface area contributed by atoms with E-state index in [-0.39, 0.29) is 4.90 Å². The molecule has 3 aromatic rings. The molecule has 6 heteroatoms. The minimum atomic E-state index is -3.80. The van der Waals surface area contributed by atoms with Gasteiger partial charge in [0.05, 0.1) is 16.6 Å². The Morgan fingerprint density at radius 3 is 2.11 bits per heavy atom. The van der Waals surface area contributed by atoms with Gasteiger partial charge in [-0.05, 0) is 24.3 Å². The Morgan fingerprint density at radius 1 is 0.833 bits per heavy atom. The molecule has 3 rings (SSSR count). The van der Waals surface area contributed by atoms with Crippen LogP contribution in [0.3, 0.4) is 0 Å². The van der Waals surface area contributed by atoms with Crippen LogP contribution in [0.5, 0.6) is 0 Å². The number of para-hydroxylation sites is 3. The highest BCUT2D eigenvalue weighted by Gasteiger charge is 2.14. The number of primary sulfonamides is 1. The Bertz CT molecular complexity index is 859. The lowest BCUT2D eigenvalue weighted by Crippen LogP contribution is -2.13. The first-order chi connectivity index (χ1) is 8.55. The lowest BCUT2D eigenvalue weighted by atomic mass is 10.2. The average molecular weight is 259 g/mol. The SMILES string of the molecule is NS(=O)(=O)c1cccc2nc3ccccc3nc12. The fourth-order valence-corrected chi connectivity index (χ4v) is 2.53. The van der Waals surface area contributed by atoms with Crippen molar-refractivity contribution in [2.45, 2.75) is 4.90 Å². The van der Waals surface area contributed by atoms with Crippen LogP contribution in [0.25, 0.3) is 22.1 Å². The lowest BCUT2D eigenvalue weighted by molar-refractivity contribution is 0.598. The van der Waals surface area contributed by atoms with Crippen molar-refractivity contribution < 1.29 is 8.42 Å². The zero-order valence-electron chi connectivity index (χ0n) is 9.24.